The monoisotopic (exact) mass is 154 g/mol. The summed E-state index contributed by atoms with van der Waals surface area (Å²) in [5, 5.41) is 0. The molecule has 0 aromatic carbocycles. The first-order valence-corrected chi connectivity index (χ1v) is 3.86. The lowest BCUT2D eigenvalue weighted by Crippen LogP contribution is -2.21. The molecule has 0 amide bonds. The van der Waals surface area contributed by atoms with E-state index in [1.54, 1.807) is 13.1 Å². The Hall–Kier alpha value is -0.0800. The number of hydrogen-bond donors (Lipinski definition) is 0. The lowest BCUT2D eigenvalue weighted by Gasteiger charge is -2.17. The molecule has 0 aliphatic heterocycles. The van der Waals surface area contributed by atoms with Crippen LogP contribution < -0.4 is 0 Å². The highest BCUT2D eigenvalue weighted by Gasteiger charge is 1.98. The molecule has 0 aliphatic carbocycles. The predicted octanol–water partition coefficient (Wildman–Crippen LogP) is 1.23. The number of nitrogens with zero attached hydrogens (tertiary/aromatic N) is 2. The predicted molar refractivity (Wildman–Crippen MR) is 49.2 cm³/mol. The van der Waals surface area contributed by atoms with Crippen molar-refractivity contribution in [2.24, 2.45) is 0 Å². The topological polar surface area (TPSA) is 6.48 Å². The van der Waals surface area contributed by atoms with Gasteiger partial charge < -0.3 is 4.90 Å². The normalized spacial score (nSPS) is 11.5. The molecule has 0 fully saturated rings. The second-order valence-corrected chi connectivity index (χ2v) is 2.76. The van der Waals surface area contributed by atoms with Crippen LogP contribution in [0.15, 0.2) is 0 Å². The van der Waals surface area contributed by atoms with Crippen molar-refractivity contribution < 1.29 is 0 Å². The van der Waals surface area contributed by atoms with E-state index in [4.69, 9.17) is 0 Å². The van der Waals surface area contributed by atoms with Crippen molar-refractivity contribution in [3.63, 3.8) is 0 Å². The Labute approximate surface area is 71.2 Å². The van der Waals surface area contributed by atoms with E-state index in [0.29, 0.717) is 0 Å². The molecule has 0 saturated heterocycles. The Bertz CT molecular complexity index is 77.6. The summed E-state index contributed by atoms with van der Waals surface area (Å²) in [7, 11) is 4.15. The van der Waals surface area contributed by atoms with Crippen LogP contribution in [0.25, 0.3) is 0 Å². The summed E-state index contributed by atoms with van der Waals surface area (Å²) >= 11 is 0. The van der Waals surface area contributed by atoms with Crippen LogP contribution in [0.4, 0.5) is 0 Å². The second kappa shape index (κ2) is 6.62. The summed E-state index contributed by atoms with van der Waals surface area (Å²) in [6.45, 7) is 13.0. The minimum Gasteiger partial charge on any atom is -0.309 e. The van der Waals surface area contributed by atoms with Gasteiger partial charge >= 0.3 is 0 Å². The Kier molecular flexibility index (Phi) is 6.57. The van der Waals surface area contributed by atoms with E-state index in [1.165, 1.54) is 0 Å². The Morgan fingerprint density at radius 1 is 1.09 bits per heavy atom. The largest absolute Gasteiger partial charge is 0.309 e. The summed E-state index contributed by atoms with van der Waals surface area (Å²) in [4.78, 5) is 4.16. The summed E-state index contributed by atoms with van der Waals surface area (Å²) < 4.78 is 0. The van der Waals surface area contributed by atoms with Gasteiger partial charge in [0.05, 0.1) is 0 Å². The molecule has 0 bridgehead atoms. The Morgan fingerprint density at radius 3 is 2.00 bits per heavy atom. The van der Waals surface area contributed by atoms with E-state index in [-0.39, 0.29) is 0 Å². The summed E-state index contributed by atoms with van der Waals surface area (Å²) in [5.74, 6) is 0. The smallest absolute Gasteiger partial charge is 0.0255 e. The van der Waals surface area contributed by atoms with Gasteiger partial charge in [0, 0.05) is 19.6 Å². The van der Waals surface area contributed by atoms with Crippen LogP contribution in [0.5, 0.6) is 0 Å². The highest BCUT2D eigenvalue weighted by atomic mass is 15.1. The SMILES string of the molecule is [CH2][CH]N([CH][CH2])CCCN(C)C. The number of hydrogen-bond acceptors (Lipinski definition) is 2. The van der Waals surface area contributed by atoms with Gasteiger partial charge in [-0.2, -0.15) is 0 Å². The lowest BCUT2D eigenvalue weighted by atomic mass is 10.3. The molecule has 0 atom stereocenters. The fourth-order valence-corrected chi connectivity index (χ4v) is 0.827. The molecule has 0 rings (SSSR count). The molecule has 0 N–H and O–H groups in total. The zero-order valence-electron chi connectivity index (χ0n) is 7.58. The summed E-state index contributed by atoms with van der Waals surface area (Å²) in [6.07, 6.45) is 1.14. The molecule has 4 radical (unpaired) electrons. The van der Waals surface area contributed by atoms with Gasteiger partial charge in [0.1, 0.15) is 0 Å². The third-order valence-corrected chi connectivity index (χ3v) is 1.49. The van der Waals surface area contributed by atoms with E-state index in [0.717, 1.165) is 19.5 Å². The van der Waals surface area contributed by atoms with Crippen LogP contribution in [0.2, 0.25) is 0 Å². The van der Waals surface area contributed by atoms with Gasteiger partial charge in [-0.3, -0.25) is 4.90 Å². The maximum atomic E-state index is 3.67. The molecular formula is C9H18N2. The van der Waals surface area contributed by atoms with E-state index in [9.17, 15) is 0 Å². The Morgan fingerprint density at radius 2 is 1.64 bits per heavy atom. The van der Waals surface area contributed by atoms with Crippen LogP contribution >= 0.6 is 0 Å². The zero-order chi connectivity index (χ0) is 8.69. The molecule has 0 heterocycles. The molecule has 2 nitrogen and oxygen atoms in total. The van der Waals surface area contributed by atoms with Gasteiger partial charge in [-0.15, -0.1) is 0 Å². The van der Waals surface area contributed by atoms with E-state index >= 15 is 0 Å². The number of rotatable bonds is 6. The van der Waals surface area contributed by atoms with Crippen molar-refractivity contribution in [1.29, 1.82) is 0 Å². The standard InChI is InChI=1S/C9H18N2/c1-5-11(6-2)9-7-8-10(3)4/h5-6H,1-2,7-9H2,3-4H3. The van der Waals surface area contributed by atoms with Crippen molar-refractivity contribution in [2.75, 3.05) is 27.2 Å². The first-order chi connectivity index (χ1) is 5.20. The van der Waals surface area contributed by atoms with Gasteiger partial charge in [-0.1, -0.05) is 0 Å². The minimum atomic E-state index is 1.01. The van der Waals surface area contributed by atoms with E-state index < -0.39 is 0 Å². The van der Waals surface area contributed by atoms with Crippen LogP contribution in [-0.4, -0.2) is 37.0 Å². The highest BCUT2D eigenvalue weighted by molar-refractivity contribution is 4.79. The molecule has 0 spiro atoms. The molecule has 0 aromatic heterocycles. The molecule has 0 aliphatic rings. The zero-order valence-corrected chi connectivity index (χ0v) is 7.58. The first kappa shape index (κ1) is 10.9. The van der Waals surface area contributed by atoms with Crippen molar-refractivity contribution in [3.8, 4) is 0 Å². The fourth-order valence-electron chi connectivity index (χ4n) is 0.827. The fraction of sp³-hybridized carbons (Fsp3) is 0.556. The van der Waals surface area contributed by atoms with Crippen molar-refractivity contribution in [1.82, 2.24) is 9.80 Å². The maximum absolute atomic E-state index is 3.67. The van der Waals surface area contributed by atoms with Crippen LogP contribution in [0.1, 0.15) is 6.42 Å². The lowest BCUT2D eigenvalue weighted by molar-refractivity contribution is 0.351. The molecule has 2 heteroatoms. The van der Waals surface area contributed by atoms with Crippen molar-refractivity contribution in [3.05, 3.63) is 26.9 Å². The van der Waals surface area contributed by atoms with Crippen molar-refractivity contribution in [2.45, 2.75) is 6.42 Å². The molecule has 0 aromatic rings. The van der Waals surface area contributed by atoms with Crippen LogP contribution in [-0.2, 0) is 0 Å². The minimum absolute atomic E-state index is 1.01. The van der Waals surface area contributed by atoms with Gasteiger partial charge in [0.2, 0.25) is 0 Å². The second-order valence-electron chi connectivity index (χ2n) is 2.76. The summed E-state index contributed by atoms with van der Waals surface area (Å²) in [5.41, 5.74) is 0. The molecule has 11 heavy (non-hydrogen) atoms. The van der Waals surface area contributed by atoms with Gasteiger partial charge in [-0.25, -0.2) is 0 Å². The highest BCUT2D eigenvalue weighted by Crippen LogP contribution is 1.97. The van der Waals surface area contributed by atoms with Crippen LogP contribution in [0.3, 0.4) is 0 Å². The molecule has 0 saturated carbocycles. The van der Waals surface area contributed by atoms with Crippen molar-refractivity contribution >= 4 is 0 Å². The van der Waals surface area contributed by atoms with E-state index in [1.807, 2.05) is 4.90 Å². The van der Waals surface area contributed by atoms with Gasteiger partial charge in [0.25, 0.3) is 0 Å². The van der Waals surface area contributed by atoms with Gasteiger partial charge in [0.15, 0.2) is 0 Å². The first-order valence-electron chi connectivity index (χ1n) is 3.86. The third kappa shape index (κ3) is 6.32. The van der Waals surface area contributed by atoms with E-state index in [2.05, 4.69) is 32.8 Å². The molecule has 64 valence electrons. The van der Waals surface area contributed by atoms with Crippen LogP contribution in [0, 0.1) is 26.9 Å². The Balaban J connectivity index is 3.21. The molecule has 0 unspecified atom stereocenters. The average molecular weight is 154 g/mol. The van der Waals surface area contributed by atoms with Gasteiger partial charge in [-0.05, 0) is 40.9 Å². The summed E-state index contributed by atoms with van der Waals surface area (Å²) in [6, 6.07) is 0. The quantitative estimate of drug-likeness (QED) is 0.568. The maximum Gasteiger partial charge on any atom is 0.0255 e. The third-order valence-electron chi connectivity index (χ3n) is 1.49. The average Bonchev–Trinajstić information content (AvgIpc) is 1.98. The molecular weight excluding hydrogens is 136 g/mol.